The van der Waals surface area contributed by atoms with Crippen molar-refractivity contribution in [3.05, 3.63) is 36.7 Å². The second kappa shape index (κ2) is 9.28. The normalized spacial score (nSPS) is 19.4. The summed E-state index contributed by atoms with van der Waals surface area (Å²) < 4.78 is 6.75. The van der Waals surface area contributed by atoms with Gasteiger partial charge in [-0.25, -0.2) is 15.0 Å². The van der Waals surface area contributed by atoms with Crippen molar-refractivity contribution in [3.8, 4) is 5.75 Å². The molecule has 2 saturated heterocycles. The first kappa shape index (κ1) is 20.9. The van der Waals surface area contributed by atoms with Crippen LogP contribution in [0.25, 0.3) is 10.2 Å². The van der Waals surface area contributed by atoms with Gasteiger partial charge in [0.05, 0.1) is 22.7 Å². The highest BCUT2D eigenvalue weighted by Gasteiger charge is 2.32. The first-order valence-corrected chi connectivity index (χ1v) is 12.1. The molecule has 5 rings (SSSR count). The lowest BCUT2D eigenvalue weighted by Gasteiger charge is -2.39. The monoisotopic (exact) mass is 452 g/mol. The zero-order chi connectivity index (χ0) is 21.9. The van der Waals surface area contributed by atoms with Crippen molar-refractivity contribution in [1.29, 1.82) is 0 Å². The van der Waals surface area contributed by atoms with Crippen LogP contribution in [0.4, 0.5) is 11.1 Å². The fourth-order valence-electron chi connectivity index (χ4n) is 4.48. The molecule has 2 aliphatic heterocycles. The van der Waals surface area contributed by atoms with E-state index in [-0.39, 0.29) is 11.8 Å². The Morgan fingerprint density at radius 2 is 1.94 bits per heavy atom. The number of hydrogen-bond donors (Lipinski definition) is 0. The molecule has 0 bridgehead atoms. The third-order valence-corrected chi connectivity index (χ3v) is 7.21. The van der Waals surface area contributed by atoms with Crippen molar-refractivity contribution in [3.63, 3.8) is 0 Å². The van der Waals surface area contributed by atoms with E-state index in [1.54, 1.807) is 23.7 Å². The van der Waals surface area contributed by atoms with Gasteiger partial charge in [0.1, 0.15) is 5.75 Å². The van der Waals surface area contributed by atoms with Crippen molar-refractivity contribution in [1.82, 2.24) is 19.9 Å². The number of carbonyl (C=O) groups is 1. The van der Waals surface area contributed by atoms with Crippen LogP contribution in [0.3, 0.4) is 0 Å². The fourth-order valence-corrected chi connectivity index (χ4v) is 5.51. The van der Waals surface area contributed by atoms with Crippen LogP contribution in [0.1, 0.15) is 19.8 Å². The van der Waals surface area contributed by atoms with Gasteiger partial charge in [-0.05, 0) is 44.0 Å². The van der Waals surface area contributed by atoms with Gasteiger partial charge < -0.3 is 19.4 Å². The van der Waals surface area contributed by atoms with Crippen molar-refractivity contribution < 1.29 is 9.53 Å². The summed E-state index contributed by atoms with van der Waals surface area (Å²) in [4.78, 5) is 33.2. The van der Waals surface area contributed by atoms with E-state index in [4.69, 9.17) is 9.72 Å². The number of anilines is 2. The number of fused-ring (bicyclic) bond motifs is 1. The van der Waals surface area contributed by atoms with E-state index in [0.717, 1.165) is 79.2 Å². The number of ether oxygens (including phenoxy) is 1. The van der Waals surface area contributed by atoms with E-state index < -0.39 is 0 Å². The van der Waals surface area contributed by atoms with Crippen LogP contribution >= 0.6 is 11.3 Å². The fraction of sp³-hybridized carbons (Fsp3) is 0.478. The van der Waals surface area contributed by atoms with Crippen LogP contribution in [0.2, 0.25) is 0 Å². The van der Waals surface area contributed by atoms with Crippen LogP contribution < -0.4 is 14.5 Å². The lowest BCUT2D eigenvalue weighted by molar-refractivity contribution is -0.136. The predicted octanol–water partition coefficient (Wildman–Crippen LogP) is 3.05. The van der Waals surface area contributed by atoms with E-state index in [1.165, 1.54) is 0 Å². The van der Waals surface area contributed by atoms with Gasteiger partial charge in [0.25, 0.3) is 0 Å². The molecular weight excluding hydrogens is 424 g/mol. The predicted molar refractivity (Wildman–Crippen MR) is 127 cm³/mol. The number of nitrogens with zero attached hydrogens (tertiary/aromatic N) is 6. The quantitative estimate of drug-likeness (QED) is 0.589. The molecule has 2 aromatic heterocycles. The number of benzene rings is 1. The second-order valence-electron chi connectivity index (χ2n) is 8.21. The highest BCUT2D eigenvalue weighted by molar-refractivity contribution is 7.22. The summed E-state index contributed by atoms with van der Waals surface area (Å²) in [5, 5.41) is 0.997. The van der Waals surface area contributed by atoms with E-state index in [1.807, 2.05) is 30.0 Å². The van der Waals surface area contributed by atoms with Gasteiger partial charge in [-0.1, -0.05) is 11.3 Å². The van der Waals surface area contributed by atoms with Crippen molar-refractivity contribution in [2.45, 2.75) is 19.8 Å². The number of piperazine rings is 1. The van der Waals surface area contributed by atoms with Crippen LogP contribution in [0, 0.1) is 5.92 Å². The van der Waals surface area contributed by atoms with E-state index in [0.29, 0.717) is 6.61 Å². The van der Waals surface area contributed by atoms with Crippen LogP contribution in [0.5, 0.6) is 5.75 Å². The molecule has 3 aromatic rings. The van der Waals surface area contributed by atoms with Gasteiger partial charge in [-0.2, -0.15) is 0 Å². The molecule has 4 heterocycles. The Labute approximate surface area is 191 Å². The number of aromatic nitrogens is 3. The molecule has 0 radical (unpaired) electrons. The second-order valence-corrected chi connectivity index (χ2v) is 9.21. The summed E-state index contributed by atoms with van der Waals surface area (Å²) >= 11 is 1.68. The molecule has 0 aliphatic carbocycles. The lowest BCUT2D eigenvalue weighted by atomic mass is 9.96. The first-order valence-electron chi connectivity index (χ1n) is 11.3. The van der Waals surface area contributed by atoms with Gasteiger partial charge in [0.15, 0.2) is 5.13 Å². The molecule has 0 N–H and O–H groups in total. The minimum atomic E-state index is 0.0225. The summed E-state index contributed by atoms with van der Waals surface area (Å²) in [5.41, 5.74) is 0.987. The Bertz CT molecular complexity index is 1070. The maximum Gasteiger partial charge on any atom is 0.227 e. The van der Waals surface area contributed by atoms with E-state index in [9.17, 15) is 4.79 Å². The standard InChI is InChI=1S/C23H28N6O2S/c1-2-31-18-6-7-19-20(15-18)32-23(26-19)29-10-3-5-17(16-29)21(30)27-11-13-28(14-12-27)22-24-8-4-9-25-22/h4,6-9,15,17H,2-3,5,10-14,16H2,1H3/t17-/m1/s1. The number of carbonyl (C=O) groups excluding carboxylic acids is 1. The zero-order valence-electron chi connectivity index (χ0n) is 18.3. The summed E-state index contributed by atoms with van der Waals surface area (Å²) in [7, 11) is 0. The highest BCUT2D eigenvalue weighted by Crippen LogP contribution is 2.34. The third-order valence-electron chi connectivity index (χ3n) is 6.13. The highest BCUT2D eigenvalue weighted by atomic mass is 32.1. The molecule has 8 nitrogen and oxygen atoms in total. The van der Waals surface area contributed by atoms with Gasteiger partial charge >= 0.3 is 0 Å². The van der Waals surface area contributed by atoms with Gasteiger partial charge in [-0.3, -0.25) is 4.79 Å². The zero-order valence-corrected chi connectivity index (χ0v) is 19.1. The van der Waals surface area contributed by atoms with Gasteiger partial charge in [-0.15, -0.1) is 0 Å². The topological polar surface area (TPSA) is 74.7 Å². The lowest BCUT2D eigenvalue weighted by Crippen LogP contribution is -2.53. The Hall–Kier alpha value is -2.94. The van der Waals surface area contributed by atoms with Gasteiger partial charge in [0.2, 0.25) is 11.9 Å². The molecule has 1 atom stereocenters. The van der Waals surface area contributed by atoms with E-state index in [2.05, 4.69) is 25.8 Å². The Kier molecular flexibility index (Phi) is 6.07. The molecule has 9 heteroatoms. The molecular formula is C23H28N6O2S. The number of amides is 1. The van der Waals surface area contributed by atoms with Crippen molar-refractivity contribution >= 4 is 38.5 Å². The number of piperidine rings is 1. The summed E-state index contributed by atoms with van der Waals surface area (Å²) in [6.07, 6.45) is 5.47. The summed E-state index contributed by atoms with van der Waals surface area (Å²) in [5.74, 6) is 1.91. The van der Waals surface area contributed by atoms with Crippen molar-refractivity contribution in [2.24, 2.45) is 5.92 Å². The van der Waals surface area contributed by atoms with Gasteiger partial charge in [0, 0.05) is 51.7 Å². The number of hydrogen-bond acceptors (Lipinski definition) is 8. The maximum absolute atomic E-state index is 13.3. The minimum absolute atomic E-state index is 0.0225. The molecule has 2 aliphatic rings. The Morgan fingerprint density at radius 3 is 2.72 bits per heavy atom. The molecule has 2 fully saturated rings. The first-order chi connectivity index (χ1) is 15.7. The molecule has 0 saturated carbocycles. The average molecular weight is 453 g/mol. The Balaban J connectivity index is 1.22. The molecule has 1 aromatic carbocycles. The molecule has 0 unspecified atom stereocenters. The van der Waals surface area contributed by atoms with Crippen LogP contribution in [-0.2, 0) is 4.79 Å². The summed E-state index contributed by atoms with van der Waals surface area (Å²) in [6.45, 7) is 7.30. The smallest absolute Gasteiger partial charge is 0.227 e. The molecule has 168 valence electrons. The number of thiazole rings is 1. The minimum Gasteiger partial charge on any atom is -0.494 e. The van der Waals surface area contributed by atoms with Crippen LogP contribution in [-0.4, -0.2) is 71.6 Å². The SMILES string of the molecule is CCOc1ccc2nc(N3CCC[C@@H](C(=O)N4CCN(c5ncccn5)CC4)C3)sc2c1. The summed E-state index contributed by atoms with van der Waals surface area (Å²) in [6, 6.07) is 7.87. The van der Waals surface area contributed by atoms with E-state index >= 15 is 0 Å². The maximum atomic E-state index is 13.3. The van der Waals surface area contributed by atoms with Crippen LogP contribution in [0.15, 0.2) is 36.7 Å². The largest absolute Gasteiger partial charge is 0.494 e. The Morgan fingerprint density at radius 1 is 1.12 bits per heavy atom. The van der Waals surface area contributed by atoms with Crippen molar-refractivity contribution in [2.75, 3.05) is 55.7 Å². The average Bonchev–Trinajstić information content (AvgIpc) is 3.28. The third kappa shape index (κ3) is 4.34. The molecule has 1 amide bonds. The number of rotatable bonds is 5. The molecule has 32 heavy (non-hydrogen) atoms. The molecule has 0 spiro atoms.